The summed E-state index contributed by atoms with van der Waals surface area (Å²) in [4.78, 5) is 3.75. The van der Waals surface area contributed by atoms with E-state index in [1.807, 2.05) is 0 Å². The maximum atomic E-state index is 12.6. The smallest absolute Gasteiger partial charge is 0.368 e. The number of nitrogens with two attached hydrogens (primary N) is 1. The van der Waals surface area contributed by atoms with Crippen LogP contribution in [0.2, 0.25) is 0 Å². The zero-order valence-electron chi connectivity index (χ0n) is 9.34. The van der Waals surface area contributed by atoms with Crippen LogP contribution in [0.1, 0.15) is 11.1 Å². The summed E-state index contributed by atoms with van der Waals surface area (Å²) in [6, 6.07) is 3.61. The van der Waals surface area contributed by atoms with Gasteiger partial charge in [-0.3, -0.25) is 0 Å². The molecule has 4 N–H and O–H groups in total. The molecule has 0 aliphatic heterocycles. The fourth-order valence-corrected chi connectivity index (χ4v) is 1.48. The third kappa shape index (κ3) is 2.70. The Morgan fingerprint density at radius 3 is 2.56 bits per heavy atom. The summed E-state index contributed by atoms with van der Waals surface area (Å²) >= 11 is 0. The van der Waals surface area contributed by atoms with Crippen LogP contribution in [0.5, 0.6) is 0 Å². The first-order valence-electron chi connectivity index (χ1n) is 4.98. The van der Waals surface area contributed by atoms with Crippen molar-refractivity contribution < 1.29 is 13.2 Å². The van der Waals surface area contributed by atoms with Crippen molar-refractivity contribution in [3.05, 3.63) is 29.3 Å². The number of benzene rings is 1. The summed E-state index contributed by atoms with van der Waals surface area (Å²) in [7, 11) is 0. The minimum Gasteiger partial charge on any atom is -0.368 e. The summed E-state index contributed by atoms with van der Waals surface area (Å²) < 4.78 is 37.8. The standard InChI is InChI=1S/C10H10F3N5/c1-5-2-6(10(11,12)13)4-7(3-5)15-9-16-8(14)17-18-9/h2-4H,1H3,(H4,14,15,16,17,18). The molecule has 0 atom stereocenters. The molecule has 1 aromatic heterocycles. The van der Waals surface area contributed by atoms with Gasteiger partial charge in [0.05, 0.1) is 5.56 Å². The number of rotatable bonds is 2. The van der Waals surface area contributed by atoms with Crippen molar-refractivity contribution in [1.29, 1.82) is 0 Å². The van der Waals surface area contributed by atoms with Crippen LogP contribution in [0.3, 0.4) is 0 Å². The predicted octanol–water partition coefficient (Wildman–Crippen LogP) is 2.46. The predicted molar refractivity (Wildman–Crippen MR) is 60.3 cm³/mol. The minimum absolute atomic E-state index is 0.0844. The average molecular weight is 257 g/mol. The number of halogens is 3. The van der Waals surface area contributed by atoms with Crippen LogP contribution < -0.4 is 11.1 Å². The van der Waals surface area contributed by atoms with E-state index in [9.17, 15) is 13.2 Å². The third-order valence-corrected chi connectivity index (χ3v) is 2.16. The Balaban J connectivity index is 2.31. The quantitative estimate of drug-likeness (QED) is 0.772. The number of aryl methyl sites for hydroxylation is 1. The van der Waals surface area contributed by atoms with Crippen LogP contribution in [0, 0.1) is 6.92 Å². The highest BCUT2D eigenvalue weighted by Crippen LogP contribution is 2.32. The maximum absolute atomic E-state index is 12.6. The van der Waals surface area contributed by atoms with Crippen molar-refractivity contribution in [2.45, 2.75) is 13.1 Å². The Labute approximate surface area is 100 Å². The van der Waals surface area contributed by atoms with Crippen molar-refractivity contribution in [3.63, 3.8) is 0 Å². The highest BCUT2D eigenvalue weighted by Gasteiger charge is 2.30. The number of hydrogen-bond donors (Lipinski definition) is 3. The molecule has 0 spiro atoms. The zero-order valence-corrected chi connectivity index (χ0v) is 9.34. The molecule has 0 amide bonds. The molecule has 96 valence electrons. The molecule has 1 heterocycles. The first-order chi connectivity index (χ1) is 8.34. The molecule has 2 aromatic rings. The van der Waals surface area contributed by atoms with Crippen molar-refractivity contribution in [1.82, 2.24) is 15.2 Å². The van der Waals surface area contributed by atoms with Crippen LogP contribution in [0.15, 0.2) is 18.2 Å². The van der Waals surface area contributed by atoms with Gasteiger partial charge in [0.25, 0.3) is 0 Å². The average Bonchev–Trinajstić information content (AvgIpc) is 2.61. The van der Waals surface area contributed by atoms with Crippen LogP contribution in [0.4, 0.5) is 30.8 Å². The van der Waals surface area contributed by atoms with Crippen molar-refractivity contribution in [2.24, 2.45) is 0 Å². The first-order valence-corrected chi connectivity index (χ1v) is 4.98. The molecule has 0 aliphatic rings. The van der Waals surface area contributed by atoms with E-state index in [1.54, 1.807) is 13.0 Å². The van der Waals surface area contributed by atoms with Gasteiger partial charge in [-0.2, -0.15) is 18.2 Å². The minimum atomic E-state index is -4.39. The van der Waals surface area contributed by atoms with Gasteiger partial charge in [0, 0.05) is 5.69 Å². The second kappa shape index (κ2) is 4.21. The van der Waals surface area contributed by atoms with E-state index >= 15 is 0 Å². The van der Waals surface area contributed by atoms with Gasteiger partial charge in [-0.15, -0.1) is 5.10 Å². The SMILES string of the molecule is Cc1cc(Nc2n[nH]c(N)n2)cc(C(F)(F)F)c1. The van der Waals surface area contributed by atoms with Crippen LogP contribution in [-0.4, -0.2) is 15.2 Å². The molecule has 1 aromatic carbocycles. The molecule has 0 fully saturated rings. The molecule has 2 rings (SSSR count). The lowest BCUT2D eigenvalue weighted by Crippen LogP contribution is -2.06. The van der Waals surface area contributed by atoms with E-state index in [1.165, 1.54) is 0 Å². The summed E-state index contributed by atoms with van der Waals surface area (Å²) in [5.41, 5.74) is 5.32. The lowest BCUT2D eigenvalue weighted by molar-refractivity contribution is -0.137. The van der Waals surface area contributed by atoms with Crippen LogP contribution in [0.25, 0.3) is 0 Å². The summed E-state index contributed by atoms with van der Waals surface area (Å²) in [6.07, 6.45) is -4.39. The lowest BCUT2D eigenvalue weighted by atomic mass is 10.1. The van der Waals surface area contributed by atoms with Gasteiger partial charge in [0.1, 0.15) is 0 Å². The normalized spacial score (nSPS) is 11.6. The van der Waals surface area contributed by atoms with E-state index in [4.69, 9.17) is 5.73 Å². The highest BCUT2D eigenvalue weighted by atomic mass is 19.4. The molecule has 0 bridgehead atoms. The van der Waals surface area contributed by atoms with Gasteiger partial charge < -0.3 is 11.1 Å². The number of aromatic nitrogens is 3. The fourth-order valence-electron chi connectivity index (χ4n) is 1.48. The van der Waals surface area contributed by atoms with Crippen molar-refractivity contribution >= 4 is 17.6 Å². The summed E-state index contributed by atoms with van der Waals surface area (Å²) in [5, 5.41) is 8.70. The Morgan fingerprint density at radius 1 is 1.28 bits per heavy atom. The number of nitrogens with one attached hydrogen (secondary N) is 2. The summed E-state index contributed by atoms with van der Waals surface area (Å²) in [6.45, 7) is 1.58. The number of nitrogen functional groups attached to an aromatic ring is 1. The fraction of sp³-hybridized carbons (Fsp3) is 0.200. The largest absolute Gasteiger partial charge is 0.416 e. The molecule has 8 heteroatoms. The lowest BCUT2D eigenvalue weighted by Gasteiger charge is -2.10. The number of nitrogens with zero attached hydrogens (tertiary/aromatic N) is 2. The Bertz CT molecular complexity index is 561. The molecule has 5 nitrogen and oxygen atoms in total. The zero-order chi connectivity index (χ0) is 13.3. The number of H-pyrrole nitrogens is 1. The maximum Gasteiger partial charge on any atom is 0.416 e. The number of aromatic amines is 1. The van der Waals surface area contributed by atoms with E-state index in [0.717, 1.165) is 12.1 Å². The molecule has 0 saturated heterocycles. The second-order valence-electron chi connectivity index (χ2n) is 3.75. The number of hydrogen-bond acceptors (Lipinski definition) is 4. The molecule has 0 aliphatic carbocycles. The van der Waals surface area contributed by atoms with Gasteiger partial charge in [0.15, 0.2) is 0 Å². The van der Waals surface area contributed by atoms with E-state index in [0.29, 0.717) is 5.56 Å². The first kappa shape index (κ1) is 12.2. The number of anilines is 3. The van der Waals surface area contributed by atoms with E-state index in [2.05, 4.69) is 20.5 Å². The summed E-state index contributed by atoms with van der Waals surface area (Å²) in [5.74, 6) is 0.201. The monoisotopic (exact) mass is 257 g/mol. The molecule has 18 heavy (non-hydrogen) atoms. The Hall–Kier alpha value is -2.25. The van der Waals surface area contributed by atoms with E-state index < -0.39 is 11.7 Å². The van der Waals surface area contributed by atoms with Gasteiger partial charge in [-0.1, -0.05) is 0 Å². The Kier molecular flexibility index (Phi) is 2.85. The second-order valence-corrected chi connectivity index (χ2v) is 3.75. The number of alkyl halides is 3. The van der Waals surface area contributed by atoms with Crippen LogP contribution in [-0.2, 0) is 6.18 Å². The van der Waals surface area contributed by atoms with Gasteiger partial charge in [-0.25, -0.2) is 5.10 Å². The molecule has 0 radical (unpaired) electrons. The van der Waals surface area contributed by atoms with Gasteiger partial charge in [-0.05, 0) is 30.7 Å². The molecule has 0 unspecified atom stereocenters. The Morgan fingerprint density at radius 2 is 2.00 bits per heavy atom. The third-order valence-electron chi connectivity index (χ3n) is 2.16. The highest BCUT2D eigenvalue weighted by molar-refractivity contribution is 5.56. The van der Waals surface area contributed by atoms with Crippen molar-refractivity contribution in [3.8, 4) is 0 Å². The molecular weight excluding hydrogens is 247 g/mol. The molecular formula is C10H10F3N5. The van der Waals surface area contributed by atoms with E-state index in [-0.39, 0.29) is 17.6 Å². The topological polar surface area (TPSA) is 79.6 Å². The van der Waals surface area contributed by atoms with Crippen molar-refractivity contribution in [2.75, 3.05) is 11.1 Å². The van der Waals surface area contributed by atoms with Crippen LogP contribution >= 0.6 is 0 Å². The molecule has 0 saturated carbocycles. The van der Waals surface area contributed by atoms with Gasteiger partial charge in [0.2, 0.25) is 11.9 Å². The van der Waals surface area contributed by atoms with Gasteiger partial charge >= 0.3 is 6.18 Å².